The lowest BCUT2D eigenvalue weighted by Crippen LogP contribution is -2.40. The van der Waals surface area contributed by atoms with Gasteiger partial charge >= 0.3 is 6.09 Å². The van der Waals surface area contributed by atoms with E-state index in [-0.39, 0.29) is 36.6 Å². The topological polar surface area (TPSA) is 110 Å². The highest BCUT2D eigenvalue weighted by molar-refractivity contribution is 5.86. The summed E-state index contributed by atoms with van der Waals surface area (Å²) in [5.74, 6) is -1.60. The molecule has 0 radical (unpaired) electrons. The number of carboxylic acid groups (broad SMARTS) is 1. The fraction of sp³-hybridized carbons (Fsp3) is 0.400. The van der Waals surface area contributed by atoms with Gasteiger partial charge in [-0.05, 0) is 37.8 Å². The van der Waals surface area contributed by atoms with Crippen molar-refractivity contribution in [2.24, 2.45) is 0 Å². The van der Waals surface area contributed by atoms with Crippen molar-refractivity contribution in [3.05, 3.63) is 57.0 Å². The van der Waals surface area contributed by atoms with Crippen LogP contribution in [0, 0.1) is 11.6 Å². The van der Waals surface area contributed by atoms with Crippen LogP contribution in [-0.2, 0) is 24.1 Å². The van der Waals surface area contributed by atoms with E-state index < -0.39 is 23.8 Å². The molecule has 0 unspecified atom stereocenters. The number of halogens is 2. The minimum Gasteiger partial charge on any atom is -0.490 e. The first-order valence-electron chi connectivity index (χ1n) is 11.8. The summed E-state index contributed by atoms with van der Waals surface area (Å²) in [6.45, 7) is 2.67. The van der Waals surface area contributed by atoms with E-state index in [1.807, 2.05) is 0 Å². The number of aromatic nitrogens is 3. The summed E-state index contributed by atoms with van der Waals surface area (Å²) in [6.07, 6.45) is 0.786. The number of fused-ring (bicyclic) bond motifs is 2. The van der Waals surface area contributed by atoms with Gasteiger partial charge in [0.1, 0.15) is 29.7 Å². The van der Waals surface area contributed by atoms with E-state index in [1.54, 1.807) is 17.7 Å². The average Bonchev–Trinajstić information content (AvgIpc) is 3.48. The predicted octanol–water partition coefficient (Wildman–Crippen LogP) is 3.75. The molecule has 2 aromatic heterocycles. The summed E-state index contributed by atoms with van der Waals surface area (Å²) in [6, 6.07) is 3.16. The Morgan fingerprint density at radius 3 is 2.69 bits per heavy atom. The monoisotopic (exact) mass is 500 g/mol. The fourth-order valence-corrected chi connectivity index (χ4v) is 5.17. The maximum absolute atomic E-state index is 15.5. The van der Waals surface area contributed by atoms with Gasteiger partial charge in [-0.1, -0.05) is 0 Å². The van der Waals surface area contributed by atoms with Crippen molar-refractivity contribution >= 4 is 6.09 Å². The van der Waals surface area contributed by atoms with Gasteiger partial charge in [-0.15, -0.1) is 0 Å². The molecule has 9 nitrogen and oxygen atoms in total. The van der Waals surface area contributed by atoms with Crippen molar-refractivity contribution < 1.29 is 28.2 Å². The zero-order valence-electron chi connectivity index (χ0n) is 19.9. The summed E-state index contributed by atoms with van der Waals surface area (Å²) >= 11 is 0. The number of H-pyrrole nitrogens is 1. The molecule has 0 saturated carbocycles. The number of methoxy groups -OCH3 is 1. The van der Waals surface area contributed by atoms with E-state index in [0.717, 1.165) is 18.6 Å². The molecule has 1 aliphatic carbocycles. The van der Waals surface area contributed by atoms with Gasteiger partial charge in [-0.2, -0.15) is 5.10 Å². The number of pyridine rings is 1. The van der Waals surface area contributed by atoms with Gasteiger partial charge in [0.25, 0.3) is 5.56 Å². The maximum Gasteiger partial charge on any atom is 0.407 e. The molecule has 190 valence electrons. The molecular formula is C25H26F2N4O5. The number of carbonyl (C=O) groups is 1. The lowest BCUT2D eigenvalue weighted by atomic mass is 9.93. The Balaban J connectivity index is 1.72. The van der Waals surface area contributed by atoms with Gasteiger partial charge in [0.05, 0.1) is 36.1 Å². The largest absolute Gasteiger partial charge is 0.490 e. The lowest BCUT2D eigenvalue weighted by molar-refractivity contribution is 0.113. The molecule has 11 heteroatoms. The Labute approximate surface area is 205 Å². The molecule has 3 heterocycles. The van der Waals surface area contributed by atoms with Gasteiger partial charge in [-0.25, -0.2) is 13.6 Å². The van der Waals surface area contributed by atoms with Gasteiger partial charge < -0.3 is 19.6 Å². The van der Waals surface area contributed by atoms with Crippen LogP contribution in [0.25, 0.3) is 22.5 Å². The summed E-state index contributed by atoms with van der Waals surface area (Å²) in [7, 11) is 1.50. The van der Waals surface area contributed by atoms with Crippen LogP contribution in [0.2, 0.25) is 0 Å². The molecule has 0 bridgehead atoms. The van der Waals surface area contributed by atoms with Crippen LogP contribution < -0.4 is 10.3 Å². The zero-order chi connectivity index (χ0) is 25.6. The van der Waals surface area contributed by atoms with Gasteiger partial charge in [0.15, 0.2) is 0 Å². The molecular weight excluding hydrogens is 474 g/mol. The number of nitrogens with one attached hydrogen (secondary N) is 1. The number of amides is 1. The minimum atomic E-state index is -1.03. The third-order valence-electron chi connectivity index (χ3n) is 6.86. The smallest absolute Gasteiger partial charge is 0.407 e. The van der Waals surface area contributed by atoms with Crippen LogP contribution in [0.1, 0.15) is 36.2 Å². The molecule has 2 aliphatic rings. The van der Waals surface area contributed by atoms with Crippen molar-refractivity contribution in [3.8, 4) is 28.3 Å². The Morgan fingerprint density at radius 1 is 1.17 bits per heavy atom. The van der Waals surface area contributed by atoms with E-state index in [0.29, 0.717) is 53.2 Å². The Morgan fingerprint density at radius 2 is 1.94 bits per heavy atom. The highest BCUT2D eigenvalue weighted by Crippen LogP contribution is 2.43. The lowest BCUT2D eigenvalue weighted by Gasteiger charge is -2.31. The molecule has 2 N–H and O–H groups in total. The third-order valence-corrected chi connectivity index (χ3v) is 6.86. The van der Waals surface area contributed by atoms with E-state index in [9.17, 15) is 19.1 Å². The normalized spacial score (nSPS) is 16.7. The number of nitrogens with zero attached hydrogens (tertiary/aromatic N) is 3. The number of hydrogen-bond donors (Lipinski definition) is 2. The SMILES string of the molecule is COCCOc1cc(F)cc(F)c1-c1c(-c2cc3n(n2)CCN(C(=O)O)[C@@H]3C)[nH]c(=O)c2c1CCC2. The molecule has 1 amide bonds. The average molecular weight is 501 g/mol. The van der Waals surface area contributed by atoms with E-state index in [2.05, 4.69) is 10.1 Å². The second-order valence-electron chi connectivity index (χ2n) is 8.95. The number of benzene rings is 1. The quantitative estimate of drug-likeness (QED) is 0.499. The van der Waals surface area contributed by atoms with Crippen LogP contribution in [-0.4, -0.2) is 57.7 Å². The summed E-state index contributed by atoms with van der Waals surface area (Å²) < 4.78 is 42.1. The second-order valence-corrected chi connectivity index (χ2v) is 8.95. The number of aromatic amines is 1. The maximum atomic E-state index is 15.5. The molecule has 0 saturated heterocycles. The van der Waals surface area contributed by atoms with Crippen LogP contribution in [0.5, 0.6) is 5.75 Å². The van der Waals surface area contributed by atoms with Crippen molar-refractivity contribution in [2.45, 2.75) is 38.8 Å². The molecule has 0 fully saturated rings. The Bertz CT molecular complexity index is 1400. The summed E-state index contributed by atoms with van der Waals surface area (Å²) in [5, 5.41) is 14.2. The second kappa shape index (κ2) is 9.38. The van der Waals surface area contributed by atoms with Gasteiger partial charge in [0.2, 0.25) is 0 Å². The fourth-order valence-electron chi connectivity index (χ4n) is 5.17. The molecule has 1 aliphatic heterocycles. The van der Waals surface area contributed by atoms with Crippen LogP contribution in [0.3, 0.4) is 0 Å². The van der Waals surface area contributed by atoms with Crippen LogP contribution in [0.15, 0.2) is 23.0 Å². The third kappa shape index (κ3) is 4.02. The first-order valence-corrected chi connectivity index (χ1v) is 11.8. The molecule has 3 aromatic rings. The molecule has 5 rings (SSSR count). The number of ether oxygens (including phenoxy) is 2. The minimum absolute atomic E-state index is 0.00124. The standard InChI is InChI=1S/C25H26F2N4O5/c1-13-19-12-18(29-31(19)7-6-30(13)25(33)34)23-21(15-4-3-5-16(15)24(32)28-23)22-17(27)10-14(26)11-20(22)36-9-8-35-2/h10-13H,3-9H2,1-2H3,(H,28,32)(H,33,34)/t13-/m1/s1. The van der Waals surface area contributed by atoms with Crippen LogP contribution >= 0.6 is 0 Å². The van der Waals surface area contributed by atoms with Crippen molar-refractivity contribution in [1.82, 2.24) is 19.7 Å². The first kappa shape index (κ1) is 24.0. The number of rotatable bonds is 6. The molecule has 0 spiro atoms. The van der Waals surface area contributed by atoms with E-state index >= 15 is 4.39 Å². The molecule has 1 aromatic carbocycles. The highest BCUT2D eigenvalue weighted by Gasteiger charge is 2.32. The Kier molecular flexibility index (Phi) is 6.25. The predicted molar refractivity (Wildman–Crippen MR) is 126 cm³/mol. The van der Waals surface area contributed by atoms with Crippen molar-refractivity contribution in [2.75, 3.05) is 26.9 Å². The first-order chi connectivity index (χ1) is 17.3. The molecule has 36 heavy (non-hydrogen) atoms. The molecule has 1 atom stereocenters. The highest BCUT2D eigenvalue weighted by atomic mass is 19.1. The van der Waals surface area contributed by atoms with Gasteiger partial charge in [-0.3, -0.25) is 14.4 Å². The summed E-state index contributed by atoms with van der Waals surface area (Å²) in [4.78, 5) is 28.8. The van der Waals surface area contributed by atoms with Crippen molar-refractivity contribution in [3.63, 3.8) is 0 Å². The Hall–Kier alpha value is -3.73. The number of hydrogen-bond acceptors (Lipinski definition) is 5. The summed E-state index contributed by atoms with van der Waals surface area (Å²) in [5.41, 5.74) is 2.74. The van der Waals surface area contributed by atoms with Crippen molar-refractivity contribution in [1.29, 1.82) is 0 Å². The zero-order valence-corrected chi connectivity index (χ0v) is 19.9. The van der Waals surface area contributed by atoms with E-state index in [4.69, 9.17) is 9.47 Å². The van der Waals surface area contributed by atoms with Gasteiger partial charge in [0, 0.05) is 36.9 Å². The van der Waals surface area contributed by atoms with E-state index in [1.165, 1.54) is 12.0 Å². The van der Waals surface area contributed by atoms with Crippen LogP contribution in [0.4, 0.5) is 13.6 Å².